The number of nitrogens with two attached hydrogens (primary N) is 1. The fraction of sp³-hybridized carbons (Fsp3) is 0.136. The summed E-state index contributed by atoms with van der Waals surface area (Å²) in [6.45, 7) is 0. The van der Waals surface area contributed by atoms with E-state index in [0.29, 0.717) is 6.42 Å². The van der Waals surface area contributed by atoms with Gasteiger partial charge >= 0.3 is 0 Å². The average Bonchev–Trinajstić information content (AvgIpc) is 2.69. The Balaban J connectivity index is 1.51. The number of anilines is 1. The highest BCUT2D eigenvalue weighted by atomic mass is 32.2. The molecule has 0 saturated heterocycles. The molecule has 0 radical (unpaired) electrons. The number of hydrogen-bond donors (Lipinski definition) is 2. The van der Waals surface area contributed by atoms with Crippen molar-refractivity contribution in [3.63, 3.8) is 0 Å². The van der Waals surface area contributed by atoms with Gasteiger partial charge in [-0.1, -0.05) is 60.7 Å². The molecule has 0 fully saturated rings. The van der Waals surface area contributed by atoms with Crippen LogP contribution in [0.4, 0.5) is 5.69 Å². The zero-order valence-electron chi connectivity index (χ0n) is 14.5. The molecule has 1 unspecified atom stereocenters. The summed E-state index contributed by atoms with van der Waals surface area (Å²) < 4.78 is 0. The van der Waals surface area contributed by atoms with Gasteiger partial charge in [-0.15, -0.1) is 11.8 Å². The Labute approximate surface area is 158 Å². The van der Waals surface area contributed by atoms with Gasteiger partial charge in [-0.3, -0.25) is 4.79 Å². The summed E-state index contributed by atoms with van der Waals surface area (Å²) in [5.41, 5.74) is 9.14. The first-order chi connectivity index (χ1) is 12.7. The van der Waals surface area contributed by atoms with Crippen LogP contribution in [0, 0.1) is 0 Å². The molecular weight excluding hydrogens is 340 g/mol. The molecule has 3 aromatic rings. The number of carbonyl (C=O) groups excluding carboxylic acids is 1. The maximum atomic E-state index is 12.3. The molecule has 0 aliphatic carbocycles. The standard InChI is InChI=1S/C22H22N2OS/c23-21(15-17-7-3-1-4-8-17)22(25)24-19-11-13-20(14-12-19)26-16-18-9-5-2-6-10-18/h1-14,21H,15-16,23H2,(H,24,25). The summed E-state index contributed by atoms with van der Waals surface area (Å²) >= 11 is 1.77. The van der Waals surface area contributed by atoms with Crippen molar-refractivity contribution in [1.82, 2.24) is 0 Å². The van der Waals surface area contributed by atoms with Gasteiger partial charge < -0.3 is 11.1 Å². The summed E-state index contributed by atoms with van der Waals surface area (Å²) in [5, 5.41) is 2.89. The summed E-state index contributed by atoms with van der Waals surface area (Å²) in [6, 6.07) is 27.5. The summed E-state index contributed by atoms with van der Waals surface area (Å²) in [4.78, 5) is 13.4. The first kappa shape index (κ1) is 18.2. The van der Waals surface area contributed by atoms with Crippen LogP contribution >= 0.6 is 11.8 Å². The summed E-state index contributed by atoms with van der Waals surface area (Å²) in [7, 11) is 0. The van der Waals surface area contributed by atoms with Gasteiger partial charge in [-0.05, 0) is 41.8 Å². The monoisotopic (exact) mass is 362 g/mol. The molecule has 0 heterocycles. The minimum absolute atomic E-state index is 0.168. The molecule has 0 spiro atoms. The second kappa shape index (κ2) is 9.22. The number of amides is 1. The number of nitrogens with one attached hydrogen (secondary N) is 1. The van der Waals surface area contributed by atoms with Crippen LogP contribution in [0.25, 0.3) is 0 Å². The van der Waals surface area contributed by atoms with E-state index in [1.54, 1.807) is 11.8 Å². The minimum atomic E-state index is -0.565. The predicted octanol–water partition coefficient (Wildman–Crippen LogP) is 4.49. The number of rotatable bonds is 7. The fourth-order valence-electron chi connectivity index (χ4n) is 2.57. The Morgan fingerprint density at radius 3 is 2.04 bits per heavy atom. The van der Waals surface area contributed by atoms with E-state index < -0.39 is 6.04 Å². The molecule has 0 saturated carbocycles. The highest BCUT2D eigenvalue weighted by Gasteiger charge is 2.14. The third-order valence-corrected chi connectivity index (χ3v) is 5.09. The van der Waals surface area contributed by atoms with E-state index in [1.165, 1.54) is 10.5 Å². The van der Waals surface area contributed by atoms with E-state index >= 15 is 0 Å². The smallest absolute Gasteiger partial charge is 0.241 e. The van der Waals surface area contributed by atoms with Crippen LogP contribution in [0.3, 0.4) is 0 Å². The number of thioether (sulfide) groups is 1. The lowest BCUT2D eigenvalue weighted by Crippen LogP contribution is -2.37. The molecule has 132 valence electrons. The largest absolute Gasteiger partial charge is 0.325 e. The molecule has 1 atom stereocenters. The van der Waals surface area contributed by atoms with Crippen molar-refractivity contribution in [1.29, 1.82) is 0 Å². The number of hydrogen-bond acceptors (Lipinski definition) is 3. The van der Waals surface area contributed by atoms with Crippen LogP contribution in [0.5, 0.6) is 0 Å². The van der Waals surface area contributed by atoms with Crippen molar-refractivity contribution >= 4 is 23.4 Å². The molecular formula is C22H22N2OS. The van der Waals surface area contributed by atoms with Crippen molar-refractivity contribution in [2.75, 3.05) is 5.32 Å². The van der Waals surface area contributed by atoms with E-state index in [1.807, 2.05) is 72.8 Å². The first-order valence-corrected chi connectivity index (χ1v) is 9.56. The lowest BCUT2D eigenvalue weighted by atomic mass is 10.1. The molecule has 26 heavy (non-hydrogen) atoms. The molecule has 0 aromatic heterocycles. The van der Waals surface area contributed by atoms with Gasteiger partial charge in [-0.25, -0.2) is 0 Å². The fourth-order valence-corrected chi connectivity index (χ4v) is 3.43. The van der Waals surface area contributed by atoms with Crippen LogP contribution in [0.1, 0.15) is 11.1 Å². The van der Waals surface area contributed by atoms with E-state index in [-0.39, 0.29) is 5.91 Å². The molecule has 1 amide bonds. The van der Waals surface area contributed by atoms with Gasteiger partial charge in [0.05, 0.1) is 6.04 Å². The topological polar surface area (TPSA) is 55.1 Å². The highest BCUT2D eigenvalue weighted by Crippen LogP contribution is 2.24. The maximum Gasteiger partial charge on any atom is 0.241 e. The number of carbonyl (C=O) groups is 1. The Morgan fingerprint density at radius 1 is 0.846 bits per heavy atom. The van der Waals surface area contributed by atoms with Crippen molar-refractivity contribution in [2.45, 2.75) is 23.1 Å². The van der Waals surface area contributed by atoms with Crippen LogP contribution in [-0.4, -0.2) is 11.9 Å². The van der Waals surface area contributed by atoms with Crippen molar-refractivity contribution in [2.24, 2.45) is 5.73 Å². The second-order valence-electron chi connectivity index (χ2n) is 6.08. The van der Waals surface area contributed by atoms with Gasteiger partial charge in [0.2, 0.25) is 5.91 Å². The lowest BCUT2D eigenvalue weighted by Gasteiger charge is -2.12. The molecule has 3 rings (SSSR count). The van der Waals surface area contributed by atoms with Crippen LogP contribution in [-0.2, 0) is 17.0 Å². The molecule has 3 N–H and O–H groups in total. The van der Waals surface area contributed by atoms with E-state index in [4.69, 9.17) is 5.73 Å². The Kier molecular flexibility index (Phi) is 6.47. The van der Waals surface area contributed by atoms with Crippen LogP contribution < -0.4 is 11.1 Å². The van der Waals surface area contributed by atoms with Gasteiger partial charge in [0.1, 0.15) is 0 Å². The highest BCUT2D eigenvalue weighted by molar-refractivity contribution is 7.98. The van der Waals surface area contributed by atoms with E-state index in [9.17, 15) is 4.79 Å². The minimum Gasteiger partial charge on any atom is -0.325 e. The lowest BCUT2D eigenvalue weighted by molar-refractivity contribution is -0.117. The van der Waals surface area contributed by atoms with Gasteiger partial charge in [0.15, 0.2) is 0 Å². The predicted molar refractivity (Wildman–Crippen MR) is 109 cm³/mol. The van der Waals surface area contributed by atoms with Gasteiger partial charge in [-0.2, -0.15) is 0 Å². The van der Waals surface area contributed by atoms with Crippen molar-refractivity contribution < 1.29 is 4.79 Å². The maximum absolute atomic E-state index is 12.3. The Hall–Kier alpha value is -2.56. The van der Waals surface area contributed by atoms with E-state index in [2.05, 4.69) is 17.4 Å². The van der Waals surface area contributed by atoms with Crippen LogP contribution in [0.2, 0.25) is 0 Å². The van der Waals surface area contributed by atoms with E-state index in [0.717, 1.165) is 17.0 Å². The quantitative estimate of drug-likeness (QED) is 0.609. The summed E-state index contributed by atoms with van der Waals surface area (Å²) in [5.74, 6) is 0.757. The number of benzene rings is 3. The van der Waals surface area contributed by atoms with Gasteiger partial charge in [0.25, 0.3) is 0 Å². The summed E-state index contributed by atoms with van der Waals surface area (Å²) in [6.07, 6.45) is 0.525. The molecule has 0 aliphatic heterocycles. The molecule has 4 heteroatoms. The Morgan fingerprint density at radius 2 is 1.42 bits per heavy atom. The average molecular weight is 362 g/mol. The van der Waals surface area contributed by atoms with Gasteiger partial charge in [0, 0.05) is 16.3 Å². The molecule has 0 bridgehead atoms. The molecule has 3 aromatic carbocycles. The second-order valence-corrected chi connectivity index (χ2v) is 7.13. The van der Waals surface area contributed by atoms with Crippen molar-refractivity contribution in [3.8, 4) is 0 Å². The Bertz CT molecular complexity index is 820. The molecule has 0 aliphatic rings. The third-order valence-electron chi connectivity index (χ3n) is 4.01. The SMILES string of the molecule is NC(Cc1ccccc1)C(=O)Nc1ccc(SCc2ccccc2)cc1. The zero-order valence-corrected chi connectivity index (χ0v) is 15.3. The third kappa shape index (κ3) is 5.48. The van der Waals surface area contributed by atoms with Crippen molar-refractivity contribution in [3.05, 3.63) is 96.1 Å². The zero-order chi connectivity index (χ0) is 18.2. The molecule has 3 nitrogen and oxygen atoms in total. The first-order valence-electron chi connectivity index (χ1n) is 8.58. The normalized spacial score (nSPS) is 11.7. The van der Waals surface area contributed by atoms with Crippen LogP contribution in [0.15, 0.2) is 89.8 Å².